The predicted molar refractivity (Wildman–Crippen MR) is 99.0 cm³/mol. The summed E-state index contributed by atoms with van der Waals surface area (Å²) in [5.74, 6) is 2.05. The van der Waals surface area contributed by atoms with Gasteiger partial charge in [0.05, 0.1) is 24.4 Å². The van der Waals surface area contributed by atoms with Crippen LogP contribution in [0.4, 0.5) is 17.7 Å². The Morgan fingerprint density at radius 2 is 1.88 bits per heavy atom. The largest absolute Gasteiger partial charge is 0.374 e. The van der Waals surface area contributed by atoms with Crippen LogP contribution in [0, 0.1) is 0 Å². The zero-order chi connectivity index (χ0) is 17.5. The molecule has 8 heteroatoms. The fourth-order valence-corrected chi connectivity index (χ4v) is 4.10. The number of nitrogen functional groups attached to an aromatic ring is 1. The molecule has 0 saturated carbocycles. The topological polar surface area (TPSA) is 93.3 Å². The molecule has 0 unspecified atom stereocenters. The number of fused-ring (bicyclic) bond motifs is 2. The molecule has 2 aromatic heterocycles. The summed E-state index contributed by atoms with van der Waals surface area (Å²) < 4.78 is 5.75. The molecule has 0 radical (unpaired) electrons. The predicted octanol–water partition coefficient (Wildman–Crippen LogP) is 1.48. The third kappa shape index (κ3) is 2.84. The molecule has 3 aliphatic heterocycles. The molecule has 3 saturated heterocycles. The Hall–Kier alpha value is -2.48. The molecule has 0 amide bonds. The molecule has 3 aliphatic rings. The van der Waals surface area contributed by atoms with Crippen molar-refractivity contribution in [1.29, 1.82) is 0 Å². The third-order valence-electron chi connectivity index (χ3n) is 5.50. The molecule has 5 heterocycles. The Morgan fingerprint density at radius 1 is 1.08 bits per heavy atom. The van der Waals surface area contributed by atoms with Crippen LogP contribution in [0.1, 0.15) is 25.7 Å². The number of hydrogen-bond acceptors (Lipinski definition) is 8. The first-order chi connectivity index (χ1) is 12.8. The van der Waals surface area contributed by atoms with Crippen LogP contribution in [-0.2, 0) is 4.74 Å². The molecule has 2 N–H and O–H groups in total. The smallest absolute Gasteiger partial charge is 0.227 e. The summed E-state index contributed by atoms with van der Waals surface area (Å²) in [4.78, 5) is 22.6. The van der Waals surface area contributed by atoms with Crippen molar-refractivity contribution in [3.63, 3.8) is 0 Å². The van der Waals surface area contributed by atoms with E-state index in [9.17, 15) is 0 Å². The van der Waals surface area contributed by atoms with E-state index in [0.29, 0.717) is 12.1 Å². The van der Waals surface area contributed by atoms with Gasteiger partial charge < -0.3 is 20.3 Å². The van der Waals surface area contributed by atoms with Crippen molar-refractivity contribution < 1.29 is 4.74 Å². The first kappa shape index (κ1) is 15.7. The van der Waals surface area contributed by atoms with Gasteiger partial charge in [0.1, 0.15) is 5.82 Å². The van der Waals surface area contributed by atoms with E-state index in [1.54, 1.807) is 12.4 Å². The molecule has 3 fully saturated rings. The number of piperidine rings is 1. The van der Waals surface area contributed by atoms with Gasteiger partial charge in [0.2, 0.25) is 11.9 Å². The highest BCUT2D eigenvalue weighted by Crippen LogP contribution is 2.34. The van der Waals surface area contributed by atoms with Crippen LogP contribution in [-0.4, -0.2) is 58.3 Å². The number of nitrogens with two attached hydrogens (primary N) is 1. The maximum absolute atomic E-state index is 5.75. The lowest BCUT2D eigenvalue weighted by molar-refractivity contribution is 0.0989. The maximum Gasteiger partial charge on any atom is 0.227 e. The molecular formula is C18H23N7O. The van der Waals surface area contributed by atoms with Gasteiger partial charge in [-0.2, -0.15) is 4.98 Å². The Labute approximate surface area is 152 Å². The van der Waals surface area contributed by atoms with Gasteiger partial charge >= 0.3 is 0 Å². The molecule has 0 spiro atoms. The number of hydrogen-bond donors (Lipinski definition) is 1. The van der Waals surface area contributed by atoms with Gasteiger partial charge in [-0.3, -0.25) is 0 Å². The van der Waals surface area contributed by atoms with E-state index in [1.165, 1.54) is 19.3 Å². The summed E-state index contributed by atoms with van der Waals surface area (Å²) in [5, 5.41) is 0. The van der Waals surface area contributed by atoms with Gasteiger partial charge in [-0.1, -0.05) is 0 Å². The van der Waals surface area contributed by atoms with E-state index in [1.807, 2.05) is 6.07 Å². The van der Waals surface area contributed by atoms with Crippen LogP contribution in [0.3, 0.4) is 0 Å². The highest BCUT2D eigenvalue weighted by atomic mass is 16.5. The summed E-state index contributed by atoms with van der Waals surface area (Å²) in [6.45, 7) is 3.71. The number of anilines is 3. The van der Waals surface area contributed by atoms with Gasteiger partial charge in [-0.15, -0.1) is 0 Å². The van der Waals surface area contributed by atoms with Crippen LogP contribution in [0.2, 0.25) is 0 Å². The van der Waals surface area contributed by atoms with Gasteiger partial charge in [0, 0.05) is 43.7 Å². The van der Waals surface area contributed by atoms with Crippen molar-refractivity contribution in [3.05, 3.63) is 18.5 Å². The fraction of sp³-hybridized carbons (Fsp3) is 0.556. The Kier molecular flexibility index (Phi) is 3.85. The SMILES string of the molecule is Nc1ncc(-c2cc(N3C[C@@H]4C[C@H]3CO4)nc(N3CCCCC3)n2)cn1. The van der Waals surface area contributed by atoms with Crippen LogP contribution in [0.25, 0.3) is 11.3 Å². The molecule has 136 valence electrons. The van der Waals surface area contributed by atoms with Crippen molar-refractivity contribution in [2.45, 2.75) is 37.8 Å². The molecule has 0 aliphatic carbocycles. The van der Waals surface area contributed by atoms with Gasteiger partial charge in [0.15, 0.2) is 0 Å². The van der Waals surface area contributed by atoms with Crippen LogP contribution >= 0.6 is 0 Å². The second kappa shape index (κ2) is 6.35. The Morgan fingerprint density at radius 3 is 2.58 bits per heavy atom. The number of nitrogens with zero attached hydrogens (tertiary/aromatic N) is 6. The Balaban J connectivity index is 1.55. The number of aromatic nitrogens is 4. The minimum Gasteiger partial charge on any atom is -0.374 e. The van der Waals surface area contributed by atoms with Gasteiger partial charge in [-0.05, 0) is 25.7 Å². The summed E-state index contributed by atoms with van der Waals surface area (Å²) >= 11 is 0. The second-order valence-electron chi connectivity index (χ2n) is 7.29. The summed E-state index contributed by atoms with van der Waals surface area (Å²) in [5.41, 5.74) is 7.35. The second-order valence-corrected chi connectivity index (χ2v) is 7.29. The first-order valence-electron chi connectivity index (χ1n) is 9.36. The monoisotopic (exact) mass is 353 g/mol. The molecule has 26 heavy (non-hydrogen) atoms. The van der Waals surface area contributed by atoms with Crippen molar-refractivity contribution in [1.82, 2.24) is 19.9 Å². The quantitative estimate of drug-likeness (QED) is 0.887. The molecule has 2 bridgehead atoms. The summed E-state index contributed by atoms with van der Waals surface area (Å²) in [6, 6.07) is 2.46. The number of rotatable bonds is 3. The minimum atomic E-state index is 0.272. The standard InChI is InChI=1S/C18H23N7O/c19-17-20-8-12(9-21-17)15-7-16(25-10-14-6-13(25)11-26-14)23-18(22-15)24-4-2-1-3-5-24/h7-9,13-14H,1-6,10-11H2,(H2,19,20,21)/t13-,14-/m0/s1. The van der Waals surface area contributed by atoms with Crippen LogP contribution in [0.15, 0.2) is 18.5 Å². The molecule has 0 aromatic carbocycles. The third-order valence-corrected chi connectivity index (χ3v) is 5.50. The van der Waals surface area contributed by atoms with Crippen molar-refractivity contribution in [3.8, 4) is 11.3 Å². The molecular weight excluding hydrogens is 330 g/mol. The summed E-state index contributed by atoms with van der Waals surface area (Å²) in [7, 11) is 0. The van der Waals surface area contributed by atoms with E-state index in [0.717, 1.165) is 55.7 Å². The molecule has 8 nitrogen and oxygen atoms in total. The number of morpholine rings is 1. The van der Waals surface area contributed by atoms with Crippen molar-refractivity contribution in [2.24, 2.45) is 0 Å². The van der Waals surface area contributed by atoms with E-state index in [4.69, 9.17) is 20.4 Å². The molecule has 5 rings (SSSR count). The van der Waals surface area contributed by atoms with Gasteiger partial charge in [-0.25, -0.2) is 15.0 Å². The van der Waals surface area contributed by atoms with Crippen LogP contribution in [0.5, 0.6) is 0 Å². The lowest BCUT2D eigenvalue weighted by Crippen LogP contribution is -2.38. The zero-order valence-corrected chi connectivity index (χ0v) is 14.7. The fourth-order valence-electron chi connectivity index (χ4n) is 4.10. The zero-order valence-electron chi connectivity index (χ0n) is 14.7. The van der Waals surface area contributed by atoms with E-state index >= 15 is 0 Å². The normalized spacial score (nSPS) is 25.1. The maximum atomic E-state index is 5.75. The van der Waals surface area contributed by atoms with Crippen LogP contribution < -0.4 is 15.5 Å². The van der Waals surface area contributed by atoms with E-state index in [-0.39, 0.29) is 5.95 Å². The van der Waals surface area contributed by atoms with Gasteiger partial charge in [0.25, 0.3) is 0 Å². The van der Waals surface area contributed by atoms with E-state index in [2.05, 4.69) is 19.8 Å². The van der Waals surface area contributed by atoms with Crippen molar-refractivity contribution >= 4 is 17.7 Å². The molecule has 2 atom stereocenters. The lowest BCUT2D eigenvalue weighted by Gasteiger charge is -2.31. The average molecular weight is 353 g/mol. The lowest BCUT2D eigenvalue weighted by atomic mass is 10.1. The highest BCUT2D eigenvalue weighted by molar-refractivity contribution is 5.64. The van der Waals surface area contributed by atoms with E-state index < -0.39 is 0 Å². The Bertz CT molecular complexity index is 791. The average Bonchev–Trinajstić information content (AvgIpc) is 3.32. The molecule has 2 aromatic rings. The summed E-state index contributed by atoms with van der Waals surface area (Å²) in [6.07, 6.45) is 8.54. The highest BCUT2D eigenvalue weighted by Gasteiger charge is 2.40. The van der Waals surface area contributed by atoms with Crippen molar-refractivity contribution in [2.75, 3.05) is 41.8 Å². The minimum absolute atomic E-state index is 0.272. The first-order valence-corrected chi connectivity index (χ1v) is 9.36. The number of ether oxygens (including phenoxy) is 1.